The van der Waals surface area contributed by atoms with Crippen molar-refractivity contribution in [1.29, 1.82) is 0 Å². The SMILES string of the molecule is CCCc1ccccc1-n1c(CCl)nc2c(F)cccc21. The van der Waals surface area contributed by atoms with Gasteiger partial charge in [0.2, 0.25) is 0 Å². The molecule has 3 rings (SSSR count). The number of halogens is 2. The van der Waals surface area contributed by atoms with E-state index >= 15 is 0 Å². The van der Waals surface area contributed by atoms with Gasteiger partial charge in [0.25, 0.3) is 0 Å². The van der Waals surface area contributed by atoms with Crippen LogP contribution in [0.15, 0.2) is 42.5 Å². The molecule has 0 aliphatic rings. The second kappa shape index (κ2) is 5.86. The molecule has 0 radical (unpaired) electrons. The van der Waals surface area contributed by atoms with Gasteiger partial charge in [0, 0.05) is 0 Å². The topological polar surface area (TPSA) is 17.8 Å². The monoisotopic (exact) mass is 302 g/mol. The lowest BCUT2D eigenvalue weighted by molar-refractivity contribution is 0.637. The van der Waals surface area contributed by atoms with Gasteiger partial charge in [-0.1, -0.05) is 37.6 Å². The Morgan fingerprint density at radius 3 is 2.71 bits per heavy atom. The Balaban J connectivity index is 2.32. The van der Waals surface area contributed by atoms with Crippen LogP contribution in [0.2, 0.25) is 0 Å². The average Bonchev–Trinajstić information content (AvgIpc) is 2.88. The summed E-state index contributed by atoms with van der Waals surface area (Å²) in [6, 6.07) is 13.2. The zero-order chi connectivity index (χ0) is 14.8. The molecule has 21 heavy (non-hydrogen) atoms. The highest BCUT2D eigenvalue weighted by atomic mass is 35.5. The Morgan fingerprint density at radius 1 is 1.14 bits per heavy atom. The zero-order valence-electron chi connectivity index (χ0n) is 11.8. The largest absolute Gasteiger partial charge is 0.295 e. The summed E-state index contributed by atoms with van der Waals surface area (Å²) in [6.07, 6.45) is 2.01. The van der Waals surface area contributed by atoms with Crippen molar-refractivity contribution in [2.45, 2.75) is 25.6 Å². The smallest absolute Gasteiger partial charge is 0.151 e. The summed E-state index contributed by atoms with van der Waals surface area (Å²) < 4.78 is 15.9. The highest BCUT2D eigenvalue weighted by Crippen LogP contribution is 2.27. The number of para-hydroxylation sites is 2. The van der Waals surface area contributed by atoms with Gasteiger partial charge in [0.1, 0.15) is 11.3 Å². The van der Waals surface area contributed by atoms with E-state index in [0.717, 1.165) is 24.0 Å². The van der Waals surface area contributed by atoms with Gasteiger partial charge in [-0.25, -0.2) is 9.37 Å². The number of aryl methyl sites for hydroxylation is 1. The maximum absolute atomic E-state index is 14.0. The standard InChI is InChI=1S/C17H16ClFN2/c1-2-6-12-7-3-4-9-14(12)21-15-10-5-8-13(19)17(15)20-16(21)11-18/h3-5,7-10H,2,6,11H2,1H3. The number of alkyl halides is 1. The van der Waals surface area contributed by atoms with Gasteiger partial charge in [-0.15, -0.1) is 11.6 Å². The summed E-state index contributed by atoms with van der Waals surface area (Å²) in [5.41, 5.74) is 3.38. The van der Waals surface area contributed by atoms with Crippen molar-refractivity contribution in [3.05, 3.63) is 59.7 Å². The van der Waals surface area contributed by atoms with E-state index in [-0.39, 0.29) is 11.7 Å². The van der Waals surface area contributed by atoms with Crippen molar-refractivity contribution in [2.75, 3.05) is 0 Å². The van der Waals surface area contributed by atoms with Crippen molar-refractivity contribution in [3.8, 4) is 5.69 Å². The molecule has 108 valence electrons. The summed E-state index contributed by atoms with van der Waals surface area (Å²) in [5, 5.41) is 0. The number of imidazole rings is 1. The van der Waals surface area contributed by atoms with Gasteiger partial charge in [-0.05, 0) is 30.2 Å². The van der Waals surface area contributed by atoms with Crippen molar-refractivity contribution in [2.24, 2.45) is 0 Å². The molecular formula is C17H16ClFN2. The van der Waals surface area contributed by atoms with Crippen LogP contribution in [-0.2, 0) is 12.3 Å². The fourth-order valence-corrected chi connectivity index (χ4v) is 2.86. The zero-order valence-corrected chi connectivity index (χ0v) is 12.6. The van der Waals surface area contributed by atoms with Gasteiger partial charge in [-0.2, -0.15) is 0 Å². The molecule has 0 spiro atoms. The van der Waals surface area contributed by atoms with E-state index < -0.39 is 0 Å². The van der Waals surface area contributed by atoms with Crippen LogP contribution >= 0.6 is 11.6 Å². The van der Waals surface area contributed by atoms with E-state index in [4.69, 9.17) is 11.6 Å². The van der Waals surface area contributed by atoms with Crippen LogP contribution in [0.3, 0.4) is 0 Å². The molecule has 0 unspecified atom stereocenters. The van der Waals surface area contributed by atoms with Crippen LogP contribution in [0.25, 0.3) is 16.7 Å². The molecule has 0 atom stereocenters. The quantitative estimate of drug-likeness (QED) is 0.630. The first-order valence-corrected chi connectivity index (χ1v) is 7.59. The van der Waals surface area contributed by atoms with Crippen molar-refractivity contribution < 1.29 is 4.39 Å². The van der Waals surface area contributed by atoms with Gasteiger partial charge in [-0.3, -0.25) is 4.57 Å². The van der Waals surface area contributed by atoms with E-state index in [1.807, 2.05) is 28.8 Å². The van der Waals surface area contributed by atoms with Crippen molar-refractivity contribution >= 4 is 22.6 Å². The summed E-state index contributed by atoms with van der Waals surface area (Å²) >= 11 is 6.03. The second-order valence-corrected chi connectivity index (χ2v) is 5.25. The number of fused-ring (bicyclic) bond motifs is 1. The Morgan fingerprint density at radius 2 is 1.95 bits per heavy atom. The lowest BCUT2D eigenvalue weighted by atomic mass is 10.1. The highest BCUT2D eigenvalue weighted by Gasteiger charge is 2.16. The minimum absolute atomic E-state index is 0.245. The number of aromatic nitrogens is 2. The minimum Gasteiger partial charge on any atom is -0.295 e. The van der Waals surface area contributed by atoms with Crippen LogP contribution in [0.4, 0.5) is 4.39 Å². The molecule has 0 fully saturated rings. The predicted octanol–water partition coefficient (Wildman–Crippen LogP) is 4.86. The fraction of sp³-hybridized carbons (Fsp3) is 0.235. The van der Waals surface area contributed by atoms with Crippen LogP contribution in [-0.4, -0.2) is 9.55 Å². The number of hydrogen-bond acceptors (Lipinski definition) is 1. The van der Waals surface area contributed by atoms with Crippen molar-refractivity contribution in [3.63, 3.8) is 0 Å². The molecule has 2 nitrogen and oxygen atoms in total. The normalized spacial score (nSPS) is 11.2. The van der Waals surface area contributed by atoms with Gasteiger partial charge in [0.15, 0.2) is 5.82 Å². The van der Waals surface area contributed by atoms with E-state index in [1.54, 1.807) is 6.07 Å². The van der Waals surface area contributed by atoms with E-state index in [1.165, 1.54) is 11.6 Å². The molecule has 0 saturated heterocycles. The van der Waals surface area contributed by atoms with Crippen LogP contribution in [0.5, 0.6) is 0 Å². The minimum atomic E-state index is -0.314. The fourth-order valence-electron chi connectivity index (χ4n) is 2.68. The van der Waals surface area contributed by atoms with Gasteiger partial charge >= 0.3 is 0 Å². The first-order valence-electron chi connectivity index (χ1n) is 7.06. The lowest BCUT2D eigenvalue weighted by Gasteiger charge is -2.13. The molecule has 1 aromatic heterocycles. The van der Waals surface area contributed by atoms with E-state index in [2.05, 4.69) is 18.0 Å². The molecule has 2 aromatic carbocycles. The third-order valence-corrected chi connectivity index (χ3v) is 3.82. The number of hydrogen-bond donors (Lipinski definition) is 0. The average molecular weight is 303 g/mol. The molecule has 0 amide bonds. The van der Waals surface area contributed by atoms with Crippen LogP contribution in [0.1, 0.15) is 24.7 Å². The molecule has 0 aliphatic heterocycles. The molecule has 3 aromatic rings. The summed E-state index contributed by atoms with van der Waals surface area (Å²) in [6.45, 7) is 2.14. The van der Waals surface area contributed by atoms with Gasteiger partial charge < -0.3 is 0 Å². The maximum Gasteiger partial charge on any atom is 0.151 e. The summed E-state index contributed by atoms with van der Waals surface area (Å²) in [7, 11) is 0. The maximum atomic E-state index is 14.0. The van der Waals surface area contributed by atoms with E-state index in [9.17, 15) is 4.39 Å². The van der Waals surface area contributed by atoms with Gasteiger partial charge in [0.05, 0.1) is 17.1 Å². The summed E-state index contributed by atoms with van der Waals surface area (Å²) in [5.74, 6) is 0.597. The molecule has 0 N–H and O–H groups in total. The predicted molar refractivity (Wildman–Crippen MR) is 84.6 cm³/mol. The van der Waals surface area contributed by atoms with E-state index in [0.29, 0.717) is 11.3 Å². The highest BCUT2D eigenvalue weighted by molar-refractivity contribution is 6.17. The first-order chi connectivity index (χ1) is 10.3. The molecule has 4 heteroatoms. The Bertz CT molecular complexity index is 780. The third-order valence-electron chi connectivity index (χ3n) is 3.58. The summed E-state index contributed by atoms with van der Waals surface area (Å²) in [4.78, 5) is 4.36. The molecule has 0 bridgehead atoms. The lowest BCUT2D eigenvalue weighted by Crippen LogP contribution is -2.03. The molecule has 0 saturated carbocycles. The van der Waals surface area contributed by atoms with Crippen LogP contribution in [0, 0.1) is 5.82 Å². The Labute approximate surface area is 128 Å². The number of benzene rings is 2. The Kier molecular flexibility index (Phi) is 3.93. The van der Waals surface area contributed by atoms with Crippen LogP contribution < -0.4 is 0 Å². The molecular weight excluding hydrogens is 287 g/mol. The third kappa shape index (κ3) is 2.42. The number of rotatable bonds is 4. The van der Waals surface area contributed by atoms with Crippen molar-refractivity contribution in [1.82, 2.24) is 9.55 Å². The number of nitrogens with zero attached hydrogens (tertiary/aromatic N) is 2. The molecule has 1 heterocycles. The molecule has 0 aliphatic carbocycles. The Hall–Kier alpha value is -1.87. The first kappa shape index (κ1) is 14.1. The second-order valence-electron chi connectivity index (χ2n) is 4.98.